The lowest BCUT2D eigenvalue weighted by atomic mass is 10.2. The number of aryl methyl sites for hydroxylation is 1. The maximum absolute atomic E-state index is 4.58. The third-order valence-corrected chi connectivity index (χ3v) is 4.74. The number of hydrogen-bond donors (Lipinski definition) is 2. The van der Waals surface area contributed by atoms with E-state index in [2.05, 4.69) is 36.6 Å². The van der Waals surface area contributed by atoms with Crippen molar-refractivity contribution in [3.8, 4) is 11.3 Å². The predicted octanol–water partition coefficient (Wildman–Crippen LogP) is 4.63. The molecule has 1 aromatic carbocycles. The molecule has 0 spiro atoms. The summed E-state index contributed by atoms with van der Waals surface area (Å²) in [4.78, 5) is 17.9. The molecule has 3 aromatic heterocycles. The SMILES string of the molecule is CCNc1nc(Nc2ccc3sc(C)nc3c2)cc(-c2cccnc2)n1. The first kappa shape index (κ1) is 16.4. The van der Waals surface area contributed by atoms with Gasteiger partial charge in [-0.3, -0.25) is 4.98 Å². The van der Waals surface area contributed by atoms with Crippen molar-refractivity contribution in [2.75, 3.05) is 17.2 Å². The van der Waals surface area contributed by atoms with Crippen molar-refractivity contribution in [1.29, 1.82) is 0 Å². The van der Waals surface area contributed by atoms with Crippen molar-refractivity contribution in [3.05, 3.63) is 53.8 Å². The molecule has 0 aliphatic carbocycles. The molecule has 3 heterocycles. The van der Waals surface area contributed by atoms with Crippen LogP contribution in [0.2, 0.25) is 0 Å². The first-order chi connectivity index (χ1) is 12.7. The van der Waals surface area contributed by atoms with E-state index in [1.165, 1.54) is 4.70 Å². The second-order valence-corrected chi connectivity index (χ2v) is 7.01. The first-order valence-electron chi connectivity index (χ1n) is 8.39. The van der Waals surface area contributed by atoms with E-state index in [1.807, 2.05) is 44.2 Å². The number of hydrogen-bond acceptors (Lipinski definition) is 7. The summed E-state index contributed by atoms with van der Waals surface area (Å²) in [5.74, 6) is 1.31. The monoisotopic (exact) mass is 362 g/mol. The fourth-order valence-corrected chi connectivity index (χ4v) is 3.49. The Balaban J connectivity index is 1.70. The summed E-state index contributed by atoms with van der Waals surface area (Å²) in [5, 5.41) is 7.61. The standard InChI is InChI=1S/C19H18N6S/c1-3-21-19-24-15(13-5-4-8-20-11-13)10-18(25-19)23-14-6-7-17-16(9-14)22-12(2)26-17/h4-11H,3H2,1-2H3,(H2,21,23,24,25). The van der Waals surface area contributed by atoms with Crippen LogP contribution in [0.5, 0.6) is 0 Å². The maximum atomic E-state index is 4.58. The number of nitrogens with one attached hydrogen (secondary N) is 2. The molecule has 4 rings (SSSR count). The fourth-order valence-electron chi connectivity index (χ4n) is 2.68. The lowest BCUT2D eigenvalue weighted by Crippen LogP contribution is -2.05. The highest BCUT2D eigenvalue weighted by Crippen LogP contribution is 2.27. The van der Waals surface area contributed by atoms with Gasteiger partial charge in [0.05, 0.1) is 20.9 Å². The second-order valence-electron chi connectivity index (χ2n) is 5.77. The zero-order chi connectivity index (χ0) is 17.9. The molecular formula is C19H18N6S. The molecule has 130 valence electrons. The number of thiazole rings is 1. The van der Waals surface area contributed by atoms with Gasteiger partial charge in [0.15, 0.2) is 0 Å². The van der Waals surface area contributed by atoms with Gasteiger partial charge in [0.25, 0.3) is 0 Å². The molecule has 0 amide bonds. The van der Waals surface area contributed by atoms with E-state index >= 15 is 0 Å². The molecule has 0 aliphatic rings. The normalized spacial score (nSPS) is 10.8. The summed E-state index contributed by atoms with van der Waals surface area (Å²) >= 11 is 1.69. The topological polar surface area (TPSA) is 75.6 Å². The van der Waals surface area contributed by atoms with Gasteiger partial charge in [-0.1, -0.05) is 0 Å². The van der Waals surface area contributed by atoms with Gasteiger partial charge in [-0.15, -0.1) is 11.3 Å². The van der Waals surface area contributed by atoms with Crippen molar-refractivity contribution in [2.45, 2.75) is 13.8 Å². The lowest BCUT2D eigenvalue weighted by Gasteiger charge is -2.10. The number of fused-ring (bicyclic) bond motifs is 1. The number of anilines is 3. The molecule has 0 aliphatic heterocycles. The number of nitrogens with zero attached hydrogens (tertiary/aromatic N) is 4. The third-order valence-electron chi connectivity index (χ3n) is 3.79. The van der Waals surface area contributed by atoms with Crippen LogP contribution in [0.4, 0.5) is 17.5 Å². The van der Waals surface area contributed by atoms with E-state index in [1.54, 1.807) is 23.7 Å². The maximum Gasteiger partial charge on any atom is 0.225 e. The van der Waals surface area contributed by atoms with E-state index < -0.39 is 0 Å². The van der Waals surface area contributed by atoms with Crippen LogP contribution >= 0.6 is 11.3 Å². The predicted molar refractivity (Wildman–Crippen MR) is 107 cm³/mol. The van der Waals surface area contributed by atoms with Crippen molar-refractivity contribution < 1.29 is 0 Å². The van der Waals surface area contributed by atoms with Gasteiger partial charge < -0.3 is 10.6 Å². The van der Waals surface area contributed by atoms with Gasteiger partial charge in [0.1, 0.15) is 5.82 Å². The van der Waals surface area contributed by atoms with E-state index in [-0.39, 0.29) is 0 Å². The molecule has 0 fully saturated rings. The summed E-state index contributed by atoms with van der Waals surface area (Å²) in [6.45, 7) is 4.79. The average molecular weight is 362 g/mol. The van der Waals surface area contributed by atoms with Gasteiger partial charge in [0, 0.05) is 36.3 Å². The Morgan fingerprint density at radius 2 is 2.00 bits per heavy atom. The lowest BCUT2D eigenvalue weighted by molar-refractivity contribution is 1.09. The quantitative estimate of drug-likeness (QED) is 0.539. The number of benzene rings is 1. The minimum absolute atomic E-state index is 0.585. The number of rotatable bonds is 5. The summed E-state index contributed by atoms with van der Waals surface area (Å²) in [6.07, 6.45) is 3.55. The van der Waals surface area contributed by atoms with Crippen molar-refractivity contribution in [1.82, 2.24) is 19.9 Å². The Morgan fingerprint density at radius 3 is 2.81 bits per heavy atom. The highest BCUT2D eigenvalue weighted by Gasteiger charge is 2.08. The smallest absolute Gasteiger partial charge is 0.225 e. The van der Waals surface area contributed by atoms with Gasteiger partial charge in [-0.05, 0) is 44.2 Å². The molecule has 7 heteroatoms. The molecule has 2 N–H and O–H groups in total. The van der Waals surface area contributed by atoms with Crippen LogP contribution in [0.15, 0.2) is 48.8 Å². The Hall–Kier alpha value is -3.06. The molecule has 0 atom stereocenters. The van der Waals surface area contributed by atoms with Crippen LogP contribution in [0.1, 0.15) is 11.9 Å². The van der Waals surface area contributed by atoms with Gasteiger partial charge in [-0.2, -0.15) is 4.98 Å². The Bertz CT molecular complexity index is 1040. The van der Waals surface area contributed by atoms with Gasteiger partial charge in [0.2, 0.25) is 5.95 Å². The molecule has 4 aromatic rings. The summed E-state index contributed by atoms with van der Waals surface area (Å²) in [7, 11) is 0. The number of aromatic nitrogens is 4. The first-order valence-corrected chi connectivity index (χ1v) is 9.20. The second kappa shape index (κ2) is 7.05. The minimum atomic E-state index is 0.585. The highest BCUT2D eigenvalue weighted by molar-refractivity contribution is 7.18. The Labute approximate surface area is 155 Å². The molecule has 0 saturated carbocycles. The molecule has 0 radical (unpaired) electrons. The van der Waals surface area contributed by atoms with Gasteiger partial charge >= 0.3 is 0 Å². The van der Waals surface area contributed by atoms with E-state index in [0.717, 1.165) is 39.8 Å². The van der Waals surface area contributed by atoms with Crippen LogP contribution in [-0.4, -0.2) is 26.5 Å². The van der Waals surface area contributed by atoms with E-state index in [4.69, 9.17) is 0 Å². The zero-order valence-corrected chi connectivity index (χ0v) is 15.3. The third kappa shape index (κ3) is 3.48. The van der Waals surface area contributed by atoms with Crippen LogP contribution in [0.25, 0.3) is 21.5 Å². The van der Waals surface area contributed by atoms with Crippen molar-refractivity contribution in [2.24, 2.45) is 0 Å². The van der Waals surface area contributed by atoms with Crippen molar-refractivity contribution in [3.63, 3.8) is 0 Å². The van der Waals surface area contributed by atoms with E-state index in [9.17, 15) is 0 Å². The fraction of sp³-hybridized carbons (Fsp3) is 0.158. The Kier molecular flexibility index (Phi) is 4.45. The largest absolute Gasteiger partial charge is 0.354 e. The Morgan fingerprint density at radius 1 is 1.08 bits per heavy atom. The molecular weight excluding hydrogens is 344 g/mol. The summed E-state index contributed by atoms with van der Waals surface area (Å²) in [5.41, 5.74) is 3.70. The molecule has 0 unspecified atom stereocenters. The molecule has 6 nitrogen and oxygen atoms in total. The average Bonchev–Trinajstić information content (AvgIpc) is 3.02. The minimum Gasteiger partial charge on any atom is -0.354 e. The summed E-state index contributed by atoms with van der Waals surface area (Å²) in [6, 6.07) is 12.0. The summed E-state index contributed by atoms with van der Waals surface area (Å²) < 4.78 is 1.18. The molecule has 0 bridgehead atoms. The van der Waals surface area contributed by atoms with Crippen LogP contribution < -0.4 is 10.6 Å². The zero-order valence-electron chi connectivity index (χ0n) is 14.5. The van der Waals surface area contributed by atoms with Crippen LogP contribution in [0.3, 0.4) is 0 Å². The van der Waals surface area contributed by atoms with Crippen LogP contribution in [0, 0.1) is 6.92 Å². The van der Waals surface area contributed by atoms with Crippen LogP contribution in [-0.2, 0) is 0 Å². The number of pyridine rings is 1. The molecule has 26 heavy (non-hydrogen) atoms. The van der Waals surface area contributed by atoms with Crippen molar-refractivity contribution >= 4 is 39.0 Å². The van der Waals surface area contributed by atoms with Gasteiger partial charge in [-0.25, -0.2) is 9.97 Å². The highest BCUT2D eigenvalue weighted by atomic mass is 32.1. The molecule has 0 saturated heterocycles. The van der Waals surface area contributed by atoms with E-state index in [0.29, 0.717) is 5.95 Å².